The van der Waals surface area contributed by atoms with Crippen LogP contribution >= 0.6 is 0 Å². The molecule has 110 valence electrons. The molecule has 1 aromatic heterocycles. The second kappa shape index (κ2) is 5.98. The van der Waals surface area contributed by atoms with Gasteiger partial charge in [-0.3, -0.25) is 0 Å². The summed E-state index contributed by atoms with van der Waals surface area (Å²) in [4.78, 5) is 23.4. The zero-order valence-corrected chi connectivity index (χ0v) is 11.5. The molecule has 1 aromatic rings. The Balaban J connectivity index is 1.94. The number of furan rings is 1. The number of carboxylic acids is 1. The van der Waals surface area contributed by atoms with Crippen molar-refractivity contribution in [1.29, 1.82) is 0 Å². The lowest BCUT2D eigenvalue weighted by atomic mass is 9.76. The zero-order valence-electron chi connectivity index (χ0n) is 11.5. The lowest BCUT2D eigenvalue weighted by Gasteiger charge is -2.36. The van der Waals surface area contributed by atoms with E-state index in [0.29, 0.717) is 24.5 Å². The normalized spacial score (nSPS) is 25.9. The summed E-state index contributed by atoms with van der Waals surface area (Å²) in [6.45, 7) is 2.25. The molecule has 0 bridgehead atoms. The highest BCUT2D eigenvalue weighted by Gasteiger charge is 2.43. The van der Waals surface area contributed by atoms with Crippen molar-refractivity contribution in [3.63, 3.8) is 0 Å². The van der Waals surface area contributed by atoms with Crippen LogP contribution in [0.1, 0.15) is 38.4 Å². The van der Waals surface area contributed by atoms with Crippen LogP contribution in [0, 0.1) is 5.92 Å². The van der Waals surface area contributed by atoms with E-state index >= 15 is 0 Å². The van der Waals surface area contributed by atoms with Crippen molar-refractivity contribution in [3.05, 3.63) is 24.2 Å². The summed E-state index contributed by atoms with van der Waals surface area (Å²) < 4.78 is 5.10. The molecule has 3 N–H and O–H groups in total. The SMILES string of the molecule is CC1CCCC(NC(=O)NCc2ccco2)(C(=O)O)C1. The maximum Gasteiger partial charge on any atom is 0.329 e. The van der Waals surface area contributed by atoms with Crippen LogP contribution in [0.25, 0.3) is 0 Å². The van der Waals surface area contributed by atoms with Gasteiger partial charge in [0.25, 0.3) is 0 Å². The molecule has 2 amide bonds. The number of hydrogen-bond donors (Lipinski definition) is 3. The summed E-state index contributed by atoms with van der Waals surface area (Å²) in [6, 6.07) is 3.00. The lowest BCUT2D eigenvalue weighted by Crippen LogP contribution is -2.58. The number of carbonyl (C=O) groups excluding carboxylic acids is 1. The third-order valence-electron chi connectivity index (χ3n) is 3.76. The highest BCUT2D eigenvalue weighted by atomic mass is 16.4. The summed E-state index contributed by atoms with van der Waals surface area (Å²) in [7, 11) is 0. The monoisotopic (exact) mass is 280 g/mol. The van der Waals surface area contributed by atoms with Crippen molar-refractivity contribution in [3.8, 4) is 0 Å². The molecule has 2 atom stereocenters. The Morgan fingerprint density at radius 2 is 2.35 bits per heavy atom. The van der Waals surface area contributed by atoms with Gasteiger partial charge in [0.1, 0.15) is 11.3 Å². The summed E-state index contributed by atoms with van der Waals surface area (Å²) in [6.07, 6.45) is 4.28. The summed E-state index contributed by atoms with van der Waals surface area (Å²) in [5, 5.41) is 14.7. The van der Waals surface area contributed by atoms with E-state index in [1.54, 1.807) is 12.1 Å². The van der Waals surface area contributed by atoms with Crippen LogP contribution in [-0.4, -0.2) is 22.6 Å². The fourth-order valence-electron chi connectivity index (χ4n) is 2.75. The Morgan fingerprint density at radius 3 is 2.95 bits per heavy atom. The van der Waals surface area contributed by atoms with Crippen LogP contribution < -0.4 is 10.6 Å². The Bertz CT molecular complexity index is 472. The van der Waals surface area contributed by atoms with Crippen molar-refractivity contribution in [2.75, 3.05) is 0 Å². The number of carboxylic acid groups (broad SMARTS) is 1. The molecule has 0 radical (unpaired) electrons. The third-order valence-corrected chi connectivity index (χ3v) is 3.76. The van der Waals surface area contributed by atoms with Gasteiger partial charge in [0.05, 0.1) is 12.8 Å². The first-order chi connectivity index (χ1) is 9.52. The van der Waals surface area contributed by atoms with Gasteiger partial charge in [0, 0.05) is 0 Å². The second-order valence-electron chi connectivity index (χ2n) is 5.48. The van der Waals surface area contributed by atoms with E-state index in [0.717, 1.165) is 12.8 Å². The van der Waals surface area contributed by atoms with Crippen LogP contribution in [0.15, 0.2) is 22.8 Å². The quantitative estimate of drug-likeness (QED) is 0.787. The van der Waals surface area contributed by atoms with Gasteiger partial charge in [-0.25, -0.2) is 9.59 Å². The molecule has 2 unspecified atom stereocenters. The van der Waals surface area contributed by atoms with Gasteiger partial charge in [-0.05, 0) is 30.9 Å². The molecule has 0 saturated heterocycles. The first kappa shape index (κ1) is 14.4. The molecule has 6 nitrogen and oxygen atoms in total. The average molecular weight is 280 g/mol. The van der Waals surface area contributed by atoms with E-state index in [4.69, 9.17) is 4.42 Å². The van der Waals surface area contributed by atoms with Gasteiger partial charge in [-0.15, -0.1) is 0 Å². The van der Waals surface area contributed by atoms with E-state index < -0.39 is 17.5 Å². The number of aliphatic carboxylic acids is 1. The third kappa shape index (κ3) is 3.31. The van der Waals surface area contributed by atoms with Crippen molar-refractivity contribution >= 4 is 12.0 Å². The fraction of sp³-hybridized carbons (Fsp3) is 0.571. The maximum absolute atomic E-state index is 11.9. The molecule has 1 aliphatic rings. The number of carbonyl (C=O) groups is 2. The van der Waals surface area contributed by atoms with Crippen molar-refractivity contribution in [1.82, 2.24) is 10.6 Å². The van der Waals surface area contributed by atoms with Crippen LogP contribution in [0.3, 0.4) is 0 Å². The van der Waals surface area contributed by atoms with Gasteiger partial charge in [-0.2, -0.15) is 0 Å². The molecule has 6 heteroatoms. The Hall–Kier alpha value is -1.98. The minimum atomic E-state index is -1.15. The highest BCUT2D eigenvalue weighted by Crippen LogP contribution is 2.32. The minimum Gasteiger partial charge on any atom is -0.480 e. The molecule has 2 rings (SSSR count). The van der Waals surface area contributed by atoms with Gasteiger partial charge in [0.15, 0.2) is 0 Å². The highest BCUT2D eigenvalue weighted by molar-refractivity contribution is 5.86. The number of urea groups is 1. The predicted octanol–water partition coefficient (Wildman–Crippen LogP) is 2.11. The molecule has 0 aliphatic heterocycles. The van der Waals surface area contributed by atoms with E-state index in [2.05, 4.69) is 10.6 Å². The van der Waals surface area contributed by atoms with Crippen molar-refractivity contribution < 1.29 is 19.1 Å². The summed E-state index contributed by atoms with van der Waals surface area (Å²) in [5.41, 5.74) is -1.15. The second-order valence-corrected chi connectivity index (χ2v) is 5.48. The fourth-order valence-corrected chi connectivity index (χ4v) is 2.75. The lowest BCUT2D eigenvalue weighted by molar-refractivity contribution is -0.146. The Kier molecular flexibility index (Phi) is 4.32. The van der Waals surface area contributed by atoms with Gasteiger partial charge in [0.2, 0.25) is 0 Å². The molecule has 20 heavy (non-hydrogen) atoms. The average Bonchev–Trinajstić information content (AvgIpc) is 2.89. The van der Waals surface area contributed by atoms with Gasteiger partial charge >= 0.3 is 12.0 Å². The zero-order chi connectivity index (χ0) is 14.6. The number of hydrogen-bond acceptors (Lipinski definition) is 3. The first-order valence-corrected chi connectivity index (χ1v) is 6.84. The van der Waals surface area contributed by atoms with Crippen LogP contribution in [0.5, 0.6) is 0 Å². The topological polar surface area (TPSA) is 91.6 Å². The molecule has 1 saturated carbocycles. The largest absolute Gasteiger partial charge is 0.480 e. The minimum absolute atomic E-state index is 0.240. The van der Waals surface area contributed by atoms with Crippen molar-refractivity contribution in [2.24, 2.45) is 5.92 Å². The summed E-state index contributed by atoms with van der Waals surface area (Å²) in [5.74, 6) is -0.0380. The number of rotatable bonds is 4. The Labute approximate surface area is 117 Å². The molecular weight excluding hydrogens is 260 g/mol. The molecule has 0 aromatic carbocycles. The maximum atomic E-state index is 11.9. The number of nitrogens with one attached hydrogen (secondary N) is 2. The van der Waals surface area contributed by atoms with Crippen LogP contribution in [-0.2, 0) is 11.3 Å². The van der Waals surface area contributed by atoms with Gasteiger partial charge in [-0.1, -0.05) is 19.8 Å². The van der Waals surface area contributed by atoms with Gasteiger partial charge < -0.3 is 20.2 Å². The summed E-state index contributed by atoms with van der Waals surface area (Å²) >= 11 is 0. The van der Waals surface area contributed by atoms with E-state index in [1.807, 2.05) is 6.92 Å². The molecule has 0 spiro atoms. The molecule has 1 heterocycles. The molecule has 1 aliphatic carbocycles. The van der Waals surface area contributed by atoms with Crippen molar-refractivity contribution in [2.45, 2.75) is 44.7 Å². The molecule has 1 fully saturated rings. The van der Waals surface area contributed by atoms with E-state index in [1.165, 1.54) is 6.26 Å². The van der Waals surface area contributed by atoms with Crippen LogP contribution in [0.4, 0.5) is 4.79 Å². The standard InChI is InChI=1S/C14H20N2O4/c1-10-4-2-6-14(8-10,12(17)18)16-13(19)15-9-11-5-3-7-20-11/h3,5,7,10H,2,4,6,8-9H2,1H3,(H,17,18)(H2,15,16,19). The predicted molar refractivity (Wildman–Crippen MR) is 72.1 cm³/mol. The van der Waals surface area contributed by atoms with Crippen LogP contribution in [0.2, 0.25) is 0 Å². The smallest absolute Gasteiger partial charge is 0.329 e. The first-order valence-electron chi connectivity index (χ1n) is 6.84. The van der Waals surface area contributed by atoms with E-state index in [-0.39, 0.29) is 6.54 Å². The Morgan fingerprint density at radius 1 is 1.55 bits per heavy atom. The van der Waals surface area contributed by atoms with E-state index in [9.17, 15) is 14.7 Å². The molecular formula is C14H20N2O4. The number of amides is 2.